The highest BCUT2D eigenvalue weighted by Crippen LogP contribution is 2.39. The molecule has 2 aromatic carbocycles. The number of ether oxygens (including phenoxy) is 2. The van der Waals surface area contributed by atoms with Gasteiger partial charge in [-0.1, -0.05) is 36.3 Å². The molecule has 0 radical (unpaired) electrons. The molecule has 3 rings (SSSR count). The Bertz CT molecular complexity index is 1010. The van der Waals surface area contributed by atoms with Crippen molar-refractivity contribution in [2.24, 2.45) is 0 Å². The van der Waals surface area contributed by atoms with E-state index in [9.17, 15) is 9.59 Å². The van der Waals surface area contributed by atoms with E-state index in [1.165, 1.54) is 4.90 Å². The highest BCUT2D eigenvalue weighted by Gasteiger charge is 2.34. The largest absolute Gasteiger partial charge is 0.490 e. The Labute approximate surface area is 188 Å². The normalized spacial score (nSPS) is 14.8. The van der Waals surface area contributed by atoms with Crippen LogP contribution in [-0.2, 0) is 11.2 Å². The molecule has 5 nitrogen and oxygen atoms in total. The zero-order valence-corrected chi connectivity index (χ0v) is 18.8. The van der Waals surface area contributed by atoms with Crippen LogP contribution in [0.1, 0.15) is 18.1 Å². The van der Waals surface area contributed by atoms with Gasteiger partial charge in [0.1, 0.15) is 6.61 Å². The maximum absolute atomic E-state index is 12.8. The number of amides is 2. The van der Waals surface area contributed by atoms with Crippen LogP contribution in [-0.4, -0.2) is 35.8 Å². The van der Waals surface area contributed by atoms with E-state index < -0.39 is 0 Å². The van der Waals surface area contributed by atoms with Crippen LogP contribution in [0.3, 0.4) is 0 Å². The molecule has 1 fully saturated rings. The summed E-state index contributed by atoms with van der Waals surface area (Å²) >= 11 is 4.40. The molecule has 154 valence electrons. The smallest absolute Gasteiger partial charge is 0.293 e. The van der Waals surface area contributed by atoms with Gasteiger partial charge < -0.3 is 9.47 Å². The summed E-state index contributed by atoms with van der Waals surface area (Å²) < 4.78 is 11.9. The van der Waals surface area contributed by atoms with Gasteiger partial charge in [0.25, 0.3) is 11.1 Å². The summed E-state index contributed by atoms with van der Waals surface area (Å²) in [5.74, 6) is 3.15. The number of terminal acetylenes is 1. The van der Waals surface area contributed by atoms with Crippen LogP contribution in [0.4, 0.5) is 4.79 Å². The molecule has 0 bridgehead atoms. The topological polar surface area (TPSA) is 55.8 Å². The van der Waals surface area contributed by atoms with Crippen molar-refractivity contribution in [2.75, 3.05) is 19.8 Å². The summed E-state index contributed by atoms with van der Waals surface area (Å²) in [6.07, 6.45) is 7.58. The standard InChI is InChI=1S/C23H20BrNO4S/c1-3-12-29-21-18(24)13-17(14-19(21)28-4-2)15-20-22(26)25(23(27)30-20)11-10-16-8-6-5-7-9-16/h1,5-9,13-15H,4,10-12H2,2H3/b20-15-. The molecule has 1 aliphatic heterocycles. The second-order valence-corrected chi connectivity index (χ2v) is 8.17. The molecule has 0 unspecified atom stereocenters. The highest BCUT2D eigenvalue weighted by molar-refractivity contribution is 9.10. The van der Waals surface area contributed by atoms with E-state index >= 15 is 0 Å². The van der Waals surface area contributed by atoms with Crippen molar-refractivity contribution in [1.82, 2.24) is 4.90 Å². The fourth-order valence-corrected chi connectivity index (χ4v) is 4.36. The van der Waals surface area contributed by atoms with Crippen LogP contribution in [0.15, 0.2) is 51.8 Å². The van der Waals surface area contributed by atoms with E-state index in [4.69, 9.17) is 15.9 Å². The highest BCUT2D eigenvalue weighted by atomic mass is 79.9. The number of halogens is 1. The van der Waals surface area contributed by atoms with Crippen LogP contribution in [0, 0.1) is 12.3 Å². The molecule has 0 N–H and O–H groups in total. The van der Waals surface area contributed by atoms with E-state index in [-0.39, 0.29) is 17.8 Å². The van der Waals surface area contributed by atoms with Crippen molar-refractivity contribution < 1.29 is 19.1 Å². The quantitative estimate of drug-likeness (QED) is 0.382. The molecule has 1 heterocycles. The minimum absolute atomic E-state index is 0.109. The third kappa shape index (κ3) is 5.26. The van der Waals surface area contributed by atoms with E-state index in [0.29, 0.717) is 46.0 Å². The fraction of sp³-hybridized carbons (Fsp3) is 0.217. The van der Waals surface area contributed by atoms with E-state index in [0.717, 1.165) is 17.3 Å². The van der Waals surface area contributed by atoms with Crippen LogP contribution < -0.4 is 9.47 Å². The Hall–Kier alpha value is -2.69. The molecule has 7 heteroatoms. The lowest BCUT2D eigenvalue weighted by atomic mass is 10.1. The predicted octanol–water partition coefficient (Wildman–Crippen LogP) is 5.14. The second kappa shape index (κ2) is 10.4. The van der Waals surface area contributed by atoms with Crippen LogP contribution >= 0.6 is 27.7 Å². The maximum Gasteiger partial charge on any atom is 0.293 e. The number of thioether (sulfide) groups is 1. The molecule has 0 aromatic heterocycles. The van der Waals surface area contributed by atoms with Gasteiger partial charge in [-0.2, -0.15) is 0 Å². The molecule has 0 spiro atoms. The van der Waals surface area contributed by atoms with Crippen LogP contribution in [0.5, 0.6) is 11.5 Å². The Kier molecular flexibility index (Phi) is 7.61. The first-order valence-electron chi connectivity index (χ1n) is 9.35. The number of imide groups is 1. The Morgan fingerprint density at radius 3 is 2.67 bits per heavy atom. The third-order valence-corrected chi connectivity index (χ3v) is 5.77. The first kappa shape index (κ1) is 22.0. The number of hydrogen-bond acceptors (Lipinski definition) is 5. The Morgan fingerprint density at radius 1 is 1.20 bits per heavy atom. The van der Waals surface area contributed by atoms with Gasteiger partial charge in [0.05, 0.1) is 16.0 Å². The van der Waals surface area contributed by atoms with Crippen molar-refractivity contribution in [3.05, 3.63) is 63.0 Å². The minimum Gasteiger partial charge on any atom is -0.490 e. The lowest BCUT2D eigenvalue weighted by molar-refractivity contribution is -0.122. The average Bonchev–Trinajstić information content (AvgIpc) is 2.99. The van der Waals surface area contributed by atoms with E-state index in [2.05, 4.69) is 21.9 Å². The molecular formula is C23H20BrNO4S. The summed E-state index contributed by atoms with van der Waals surface area (Å²) in [7, 11) is 0. The molecule has 1 saturated heterocycles. The Balaban J connectivity index is 1.80. The summed E-state index contributed by atoms with van der Waals surface area (Å²) in [6.45, 7) is 2.76. The van der Waals surface area contributed by atoms with Gasteiger partial charge in [0, 0.05) is 6.54 Å². The first-order chi connectivity index (χ1) is 14.5. The van der Waals surface area contributed by atoms with Crippen molar-refractivity contribution >= 4 is 44.9 Å². The summed E-state index contributed by atoms with van der Waals surface area (Å²) in [6, 6.07) is 13.3. The number of carbonyl (C=O) groups excluding carboxylic acids is 2. The number of benzene rings is 2. The Morgan fingerprint density at radius 2 is 1.97 bits per heavy atom. The van der Waals surface area contributed by atoms with Gasteiger partial charge in [-0.05, 0) is 70.4 Å². The van der Waals surface area contributed by atoms with Gasteiger partial charge in [-0.15, -0.1) is 6.42 Å². The lowest BCUT2D eigenvalue weighted by Crippen LogP contribution is -2.30. The zero-order chi connectivity index (χ0) is 21.5. The summed E-state index contributed by atoms with van der Waals surface area (Å²) in [5, 5.41) is -0.264. The number of hydrogen-bond donors (Lipinski definition) is 0. The fourth-order valence-electron chi connectivity index (χ4n) is 2.92. The second-order valence-electron chi connectivity index (χ2n) is 6.32. The third-order valence-electron chi connectivity index (χ3n) is 4.27. The number of rotatable bonds is 8. The maximum atomic E-state index is 12.8. The molecule has 0 saturated carbocycles. The predicted molar refractivity (Wildman–Crippen MR) is 122 cm³/mol. The van der Waals surface area contributed by atoms with Gasteiger partial charge in [0.2, 0.25) is 0 Å². The van der Waals surface area contributed by atoms with Crippen LogP contribution in [0.25, 0.3) is 6.08 Å². The minimum atomic E-state index is -0.289. The average molecular weight is 486 g/mol. The molecule has 1 aliphatic rings. The molecule has 2 amide bonds. The zero-order valence-electron chi connectivity index (χ0n) is 16.4. The van der Waals surface area contributed by atoms with Gasteiger partial charge >= 0.3 is 0 Å². The molecular weight excluding hydrogens is 466 g/mol. The van der Waals surface area contributed by atoms with Gasteiger partial charge in [-0.3, -0.25) is 14.5 Å². The number of carbonyl (C=O) groups is 2. The number of nitrogens with zero attached hydrogens (tertiary/aromatic N) is 1. The van der Waals surface area contributed by atoms with Crippen LogP contribution in [0.2, 0.25) is 0 Å². The lowest BCUT2D eigenvalue weighted by Gasteiger charge is -2.13. The molecule has 0 atom stereocenters. The van der Waals surface area contributed by atoms with Crippen molar-refractivity contribution in [2.45, 2.75) is 13.3 Å². The van der Waals surface area contributed by atoms with Crippen molar-refractivity contribution in [1.29, 1.82) is 0 Å². The first-order valence-corrected chi connectivity index (χ1v) is 11.0. The molecule has 0 aliphatic carbocycles. The summed E-state index contributed by atoms with van der Waals surface area (Å²) in [4.78, 5) is 26.8. The van der Waals surface area contributed by atoms with Gasteiger partial charge in [-0.25, -0.2) is 0 Å². The van der Waals surface area contributed by atoms with Crippen molar-refractivity contribution in [3.63, 3.8) is 0 Å². The van der Waals surface area contributed by atoms with E-state index in [1.807, 2.05) is 37.3 Å². The molecule has 30 heavy (non-hydrogen) atoms. The molecule has 2 aromatic rings. The monoisotopic (exact) mass is 485 g/mol. The van der Waals surface area contributed by atoms with Crippen molar-refractivity contribution in [3.8, 4) is 23.8 Å². The summed E-state index contributed by atoms with van der Waals surface area (Å²) in [5.41, 5.74) is 1.79. The SMILES string of the molecule is C#CCOc1c(Br)cc(/C=C2\SC(=O)N(CCc3ccccc3)C2=O)cc1OCC. The van der Waals surface area contributed by atoms with Gasteiger partial charge in [0.15, 0.2) is 11.5 Å². The van der Waals surface area contributed by atoms with E-state index in [1.54, 1.807) is 18.2 Å².